The molecule has 1 N–H and O–H groups in total. The molecule has 3 aromatic carbocycles. The lowest BCUT2D eigenvalue weighted by molar-refractivity contribution is -0.142. The topological polar surface area (TPSA) is 114 Å². The van der Waals surface area contributed by atoms with E-state index in [4.69, 9.17) is 0 Å². The van der Waals surface area contributed by atoms with E-state index in [0.717, 1.165) is 29.1 Å². The molecule has 3 heterocycles. The highest BCUT2D eigenvalue weighted by Crippen LogP contribution is 2.21. The Balaban J connectivity index is 1.19. The molecule has 6 rings (SSSR count). The van der Waals surface area contributed by atoms with Gasteiger partial charge in [-0.2, -0.15) is 5.10 Å². The Morgan fingerprint density at radius 2 is 1.50 bits per heavy atom. The molecule has 244 valence electrons. The maximum Gasteiger partial charge on any atom is 0.294 e. The zero-order valence-electron chi connectivity index (χ0n) is 25.5. The first kappa shape index (κ1) is 32.0. The summed E-state index contributed by atoms with van der Waals surface area (Å²) in [5.41, 5.74) is 2.02. The number of pyridine rings is 1. The second-order valence-corrected chi connectivity index (χ2v) is 11.3. The Labute approximate surface area is 272 Å². The number of amides is 1. The minimum atomic E-state index is -1.60. The van der Waals surface area contributed by atoms with Gasteiger partial charge >= 0.3 is 0 Å². The van der Waals surface area contributed by atoms with Gasteiger partial charge in [0.15, 0.2) is 17.5 Å². The van der Waals surface area contributed by atoms with Crippen molar-refractivity contribution in [3.63, 3.8) is 0 Å². The maximum absolute atomic E-state index is 13.9. The van der Waals surface area contributed by atoms with E-state index in [2.05, 4.69) is 15.0 Å². The average molecular weight is 655 g/mol. The Morgan fingerprint density at radius 3 is 2.15 bits per heavy atom. The fraction of sp³-hybridized carbons (Fsp3) is 0.171. The molecule has 0 unspecified atom stereocenters. The van der Waals surface area contributed by atoms with Gasteiger partial charge in [-0.15, -0.1) is 0 Å². The van der Waals surface area contributed by atoms with Gasteiger partial charge in [-0.1, -0.05) is 30.3 Å². The van der Waals surface area contributed by atoms with E-state index >= 15 is 0 Å². The number of piperazine rings is 1. The molecule has 0 aliphatic carbocycles. The number of halogens is 3. The summed E-state index contributed by atoms with van der Waals surface area (Å²) >= 11 is 0. The first-order valence-corrected chi connectivity index (χ1v) is 15.0. The molecular formula is C35H29F3N6O4. The van der Waals surface area contributed by atoms with E-state index in [9.17, 15) is 32.7 Å². The average Bonchev–Trinajstić information content (AvgIpc) is 3.64. The first-order chi connectivity index (χ1) is 23.2. The number of carbonyl (C=O) groups is 2. The quantitative estimate of drug-likeness (QED) is 0.109. The summed E-state index contributed by atoms with van der Waals surface area (Å²) in [5, 5.41) is 15.1. The molecule has 0 spiro atoms. The number of aromatic nitrogens is 4. The van der Waals surface area contributed by atoms with Crippen LogP contribution in [0.2, 0.25) is 0 Å². The molecule has 13 heteroatoms. The van der Waals surface area contributed by atoms with Crippen LogP contribution in [0.15, 0.2) is 103 Å². The van der Waals surface area contributed by atoms with Gasteiger partial charge < -0.3 is 19.5 Å². The zero-order chi connectivity index (χ0) is 33.8. The second-order valence-electron chi connectivity index (χ2n) is 11.3. The predicted molar refractivity (Wildman–Crippen MR) is 171 cm³/mol. The standard InChI is InChI=1S/C35H29F3N6O4/c36-29-16-24(17-30(37)33(29)38)14-25-15-28(34(47)43(20-25)19-23-4-2-1-3-5-23)31(45)18-32(46)35(48)42-12-10-41(11-13-42)26-6-8-27(9-7-26)44-22-39-21-40-44/h1-9,15-18,20-22,45H,10-14,19H2/b31-18+. The monoisotopic (exact) mass is 654 g/mol. The fourth-order valence-electron chi connectivity index (χ4n) is 5.57. The summed E-state index contributed by atoms with van der Waals surface area (Å²) in [6.45, 7) is 1.53. The van der Waals surface area contributed by atoms with Crippen LogP contribution < -0.4 is 10.5 Å². The number of anilines is 1. The third kappa shape index (κ3) is 7.04. The minimum Gasteiger partial charge on any atom is -0.507 e. The molecule has 10 nitrogen and oxygen atoms in total. The fourth-order valence-corrected chi connectivity index (χ4v) is 5.57. The molecular weight excluding hydrogens is 625 g/mol. The number of benzene rings is 3. The number of nitrogens with zero attached hydrogens (tertiary/aromatic N) is 6. The number of rotatable bonds is 9. The summed E-state index contributed by atoms with van der Waals surface area (Å²) in [5.74, 6) is -6.91. The van der Waals surface area contributed by atoms with E-state index in [0.29, 0.717) is 24.7 Å². The number of aliphatic hydroxyl groups is 1. The van der Waals surface area contributed by atoms with Gasteiger partial charge in [0.1, 0.15) is 18.4 Å². The van der Waals surface area contributed by atoms with Crippen molar-refractivity contribution in [3.8, 4) is 5.69 Å². The van der Waals surface area contributed by atoms with Gasteiger partial charge in [-0.3, -0.25) is 14.4 Å². The largest absolute Gasteiger partial charge is 0.507 e. The van der Waals surface area contributed by atoms with Gasteiger partial charge in [0.25, 0.3) is 11.5 Å². The molecule has 48 heavy (non-hydrogen) atoms. The van der Waals surface area contributed by atoms with Crippen LogP contribution in [-0.2, 0) is 22.6 Å². The van der Waals surface area contributed by atoms with Crippen LogP contribution in [0, 0.1) is 17.5 Å². The number of hydrogen-bond acceptors (Lipinski definition) is 7. The molecule has 0 radical (unpaired) electrons. The van der Waals surface area contributed by atoms with Crippen LogP contribution >= 0.6 is 0 Å². The van der Waals surface area contributed by atoms with Crippen molar-refractivity contribution in [1.29, 1.82) is 0 Å². The van der Waals surface area contributed by atoms with Crippen LogP contribution in [0.5, 0.6) is 0 Å². The molecule has 5 aromatic rings. The molecule has 0 saturated carbocycles. The number of hydrogen-bond donors (Lipinski definition) is 1. The summed E-state index contributed by atoms with van der Waals surface area (Å²) in [4.78, 5) is 47.0. The van der Waals surface area contributed by atoms with Gasteiger partial charge in [0, 0.05) is 44.1 Å². The molecule has 0 atom stereocenters. The molecule has 1 aliphatic heterocycles. The second kappa shape index (κ2) is 13.8. The highest BCUT2D eigenvalue weighted by Gasteiger charge is 2.26. The summed E-state index contributed by atoms with van der Waals surface area (Å²) < 4.78 is 44.3. The maximum atomic E-state index is 13.9. The van der Waals surface area contributed by atoms with E-state index in [1.807, 2.05) is 24.3 Å². The summed E-state index contributed by atoms with van der Waals surface area (Å²) in [6, 6.07) is 19.6. The minimum absolute atomic E-state index is 0.0836. The van der Waals surface area contributed by atoms with Crippen molar-refractivity contribution in [2.75, 3.05) is 31.1 Å². The first-order valence-electron chi connectivity index (χ1n) is 15.0. The Bertz CT molecular complexity index is 2020. The number of aliphatic hydroxyl groups excluding tert-OH is 1. The van der Waals surface area contributed by atoms with Gasteiger partial charge in [0.05, 0.1) is 17.8 Å². The van der Waals surface area contributed by atoms with Gasteiger partial charge in [-0.25, -0.2) is 22.8 Å². The van der Waals surface area contributed by atoms with E-state index in [1.54, 1.807) is 41.3 Å². The van der Waals surface area contributed by atoms with Crippen LogP contribution in [0.1, 0.15) is 22.3 Å². The molecule has 1 fully saturated rings. The normalized spacial score (nSPS) is 13.5. The smallest absolute Gasteiger partial charge is 0.294 e. The van der Waals surface area contributed by atoms with Crippen molar-refractivity contribution in [2.24, 2.45) is 0 Å². The van der Waals surface area contributed by atoms with E-state index in [1.165, 1.54) is 28.1 Å². The van der Waals surface area contributed by atoms with Gasteiger partial charge in [0.2, 0.25) is 5.78 Å². The van der Waals surface area contributed by atoms with Crippen molar-refractivity contribution in [2.45, 2.75) is 13.0 Å². The Morgan fingerprint density at radius 1 is 0.833 bits per heavy atom. The van der Waals surface area contributed by atoms with E-state index in [-0.39, 0.29) is 37.2 Å². The molecule has 1 amide bonds. The number of ketones is 1. The third-order valence-corrected chi connectivity index (χ3v) is 8.01. The van der Waals surface area contributed by atoms with Crippen LogP contribution in [0.25, 0.3) is 11.4 Å². The third-order valence-electron chi connectivity index (χ3n) is 8.01. The summed E-state index contributed by atoms with van der Waals surface area (Å²) in [7, 11) is 0. The zero-order valence-corrected chi connectivity index (χ0v) is 25.5. The highest BCUT2D eigenvalue weighted by atomic mass is 19.2. The lowest BCUT2D eigenvalue weighted by atomic mass is 10.0. The lowest BCUT2D eigenvalue weighted by Crippen LogP contribution is -2.50. The van der Waals surface area contributed by atoms with Crippen LogP contribution in [-0.4, -0.2) is 67.2 Å². The van der Waals surface area contributed by atoms with Crippen LogP contribution in [0.4, 0.5) is 18.9 Å². The summed E-state index contributed by atoms with van der Waals surface area (Å²) in [6.07, 6.45) is 5.09. The Kier molecular flexibility index (Phi) is 9.19. The van der Waals surface area contributed by atoms with Crippen LogP contribution in [0.3, 0.4) is 0 Å². The predicted octanol–water partition coefficient (Wildman–Crippen LogP) is 4.30. The Hall–Kier alpha value is -5.98. The SMILES string of the molecule is O=C(/C=C(/O)c1cc(Cc2cc(F)c(F)c(F)c2)cn(Cc2ccccc2)c1=O)C(=O)N1CCN(c2ccc(-n3cncn3)cc2)CC1. The lowest BCUT2D eigenvalue weighted by Gasteiger charge is -2.35. The van der Waals surface area contributed by atoms with Crippen molar-refractivity contribution >= 4 is 23.1 Å². The van der Waals surface area contributed by atoms with Crippen molar-refractivity contribution in [1.82, 2.24) is 24.2 Å². The highest BCUT2D eigenvalue weighted by molar-refractivity contribution is 6.41. The van der Waals surface area contributed by atoms with Crippen molar-refractivity contribution < 1.29 is 27.9 Å². The molecule has 1 aliphatic rings. The number of carbonyl (C=O) groups excluding carboxylic acids is 2. The molecule has 0 bridgehead atoms. The van der Waals surface area contributed by atoms with Crippen molar-refractivity contribution in [3.05, 3.63) is 148 Å². The molecule has 1 saturated heterocycles. The molecule has 2 aromatic heterocycles. The van der Waals surface area contributed by atoms with E-state index < -0.39 is 40.5 Å². The van der Waals surface area contributed by atoms with Gasteiger partial charge in [-0.05, 0) is 65.6 Å².